The number of aryl methyl sites for hydroxylation is 1. The molecule has 0 amide bonds. The van der Waals surface area contributed by atoms with E-state index >= 15 is 0 Å². The highest BCUT2D eigenvalue weighted by Crippen LogP contribution is 2.31. The van der Waals surface area contributed by atoms with Gasteiger partial charge in [-0.1, -0.05) is 18.2 Å². The van der Waals surface area contributed by atoms with E-state index in [1.807, 2.05) is 6.07 Å². The van der Waals surface area contributed by atoms with Gasteiger partial charge < -0.3 is 14.6 Å². The van der Waals surface area contributed by atoms with Crippen molar-refractivity contribution in [1.82, 2.24) is 9.55 Å². The molecule has 28 heavy (non-hydrogen) atoms. The maximum atomic E-state index is 12.3. The summed E-state index contributed by atoms with van der Waals surface area (Å²) >= 11 is 0. The summed E-state index contributed by atoms with van der Waals surface area (Å²) in [5.74, 6) is 0.516. The molecule has 3 aromatic rings. The van der Waals surface area contributed by atoms with Gasteiger partial charge in [-0.15, -0.1) is 0 Å². The first-order valence-electron chi connectivity index (χ1n) is 8.36. The van der Waals surface area contributed by atoms with Gasteiger partial charge in [0.15, 0.2) is 0 Å². The zero-order valence-corrected chi connectivity index (χ0v) is 15.6. The Morgan fingerprint density at radius 2 is 1.86 bits per heavy atom. The fraction of sp³-hybridized carbons (Fsp3) is 0.150. The Kier molecular flexibility index (Phi) is 5.30. The second-order valence-electron chi connectivity index (χ2n) is 5.91. The largest absolute Gasteiger partial charge is 0.497 e. The molecule has 0 aliphatic rings. The lowest BCUT2D eigenvalue weighted by Gasteiger charge is -2.12. The molecule has 0 spiro atoms. The van der Waals surface area contributed by atoms with Crippen LogP contribution in [0.4, 0.5) is 5.69 Å². The van der Waals surface area contributed by atoms with Crippen molar-refractivity contribution in [2.45, 2.75) is 6.92 Å². The van der Waals surface area contributed by atoms with Crippen LogP contribution < -0.4 is 20.7 Å². The standard InChI is InChI=1S/C20H19N3O5/c1-12-6-4-5-7-16(12)23-19(25)14(18(24)22-20(23)26)11-21-15-9-8-13(27-2)10-17(15)28-3/h4-11,25H,1-3H3,(H,22,24,26). The van der Waals surface area contributed by atoms with E-state index in [1.165, 1.54) is 20.4 Å². The molecule has 0 aliphatic carbocycles. The fourth-order valence-electron chi connectivity index (χ4n) is 2.72. The lowest BCUT2D eigenvalue weighted by Crippen LogP contribution is -2.31. The molecule has 3 rings (SSSR count). The number of aliphatic imine (C=N–C) groups is 1. The number of benzene rings is 2. The summed E-state index contributed by atoms with van der Waals surface area (Å²) in [6.07, 6.45) is 1.19. The van der Waals surface area contributed by atoms with Crippen molar-refractivity contribution in [2.75, 3.05) is 14.2 Å². The maximum absolute atomic E-state index is 12.3. The third-order valence-electron chi connectivity index (χ3n) is 4.20. The molecule has 0 bridgehead atoms. The van der Waals surface area contributed by atoms with E-state index in [0.29, 0.717) is 22.9 Å². The monoisotopic (exact) mass is 381 g/mol. The summed E-state index contributed by atoms with van der Waals surface area (Å²) in [6.45, 7) is 1.79. The average Bonchev–Trinajstić information content (AvgIpc) is 2.69. The van der Waals surface area contributed by atoms with Gasteiger partial charge in [-0.25, -0.2) is 9.36 Å². The fourth-order valence-corrected chi connectivity index (χ4v) is 2.72. The van der Waals surface area contributed by atoms with Crippen LogP contribution in [-0.4, -0.2) is 35.1 Å². The van der Waals surface area contributed by atoms with Gasteiger partial charge in [0, 0.05) is 12.3 Å². The number of para-hydroxylation sites is 1. The lowest BCUT2D eigenvalue weighted by atomic mass is 10.2. The number of rotatable bonds is 5. The highest BCUT2D eigenvalue weighted by molar-refractivity contribution is 5.85. The van der Waals surface area contributed by atoms with Gasteiger partial charge in [0.1, 0.15) is 22.7 Å². The van der Waals surface area contributed by atoms with Crippen molar-refractivity contribution in [1.29, 1.82) is 0 Å². The minimum absolute atomic E-state index is 0.152. The Hall–Kier alpha value is -3.81. The normalized spacial score (nSPS) is 11.0. The second kappa shape index (κ2) is 7.83. The molecular formula is C20H19N3O5. The Bertz CT molecular complexity index is 1160. The zero-order valence-electron chi connectivity index (χ0n) is 15.6. The number of H-pyrrole nitrogens is 1. The topological polar surface area (TPSA) is 106 Å². The first kappa shape index (κ1) is 19.0. The van der Waals surface area contributed by atoms with Gasteiger partial charge in [0.05, 0.1) is 19.9 Å². The second-order valence-corrected chi connectivity index (χ2v) is 5.91. The molecule has 0 radical (unpaired) electrons. The van der Waals surface area contributed by atoms with Crippen LogP contribution in [0, 0.1) is 6.92 Å². The predicted octanol–water partition coefficient (Wildman–Crippen LogP) is 2.31. The summed E-state index contributed by atoms with van der Waals surface area (Å²) in [7, 11) is 3.01. The Balaban J connectivity index is 2.13. The molecule has 2 N–H and O–H groups in total. The Labute approximate surface area is 160 Å². The van der Waals surface area contributed by atoms with Crippen LogP contribution in [0.1, 0.15) is 11.1 Å². The molecule has 1 aromatic heterocycles. The van der Waals surface area contributed by atoms with E-state index in [4.69, 9.17) is 9.47 Å². The van der Waals surface area contributed by atoms with Gasteiger partial charge in [-0.05, 0) is 30.7 Å². The zero-order chi connectivity index (χ0) is 20.3. The van der Waals surface area contributed by atoms with Crippen LogP contribution in [0.5, 0.6) is 17.4 Å². The quantitative estimate of drug-likeness (QED) is 0.660. The third-order valence-corrected chi connectivity index (χ3v) is 4.20. The van der Waals surface area contributed by atoms with Gasteiger partial charge in [-0.2, -0.15) is 0 Å². The Morgan fingerprint density at radius 1 is 1.11 bits per heavy atom. The van der Waals surface area contributed by atoms with Crippen LogP contribution in [-0.2, 0) is 0 Å². The highest BCUT2D eigenvalue weighted by atomic mass is 16.5. The van der Waals surface area contributed by atoms with Crippen LogP contribution in [0.15, 0.2) is 57.0 Å². The van der Waals surface area contributed by atoms with Crippen molar-refractivity contribution < 1.29 is 14.6 Å². The molecule has 0 atom stereocenters. The van der Waals surface area contributed by atoms with Crippen LogP contribution >= 0.6 is 0 Å². The van der Waals surface area contributed by atoms with Crippen LogP contribution in [0.3, 0.4) is 0 Å². The number of hydrogen-bond acceptors (Lipinski definition) is 6. The molecule has 0 saturated carbocycles. The van der Waals surface area contributed by atoms with Crippen LogP contribution in [0.2, 0.25) is 0 Å². The van der Waals surface area contributed by atoms with Gasteiger partial charge in [-0.3, -0.25) is 14.8 Å². The number of nitrogens with zero attached hydrogens (tertiary/aromatic N) is 2. The van der Waals surface area contributed by atoms with Gasteiger partial charge in [0.2, 0.25) is 5.88 Å². The average molecular weight is 381 g/mol. The van der Waals surface area contributed by atoms with E-state index in [0.717, 1.165) is 10.1 Å². The minimum atomic E-state index is -0.747. The number of nitrogens with one attached hydrogen (secondary N) is 1. The number of ether oxygens (including phenoxy) is 2. The van der Waals surface area contributed by atoms with Crippen LogP contribution in [0.25, 0.3) is 5.69 Å². The first-order valence-corrected chi connectivity index (χ1v) is 8.36. The van der Waals surface area contributed by atoms with Crippen molar-refractivity contribution >= 4 is 11.9 Å². The van der Waals surface area contributed by atoms with E-state index in [1.54, 1.807) is 43.3 Å². The molecule has 0 unspecified atom stereocenters. The molecule has 8 heteroatoms. The summed E-state index contributed by atoms with van der Waals surface area (Å²) in [5.41, 5.74) is 0.000552. The first-order chi connectivity index (χ1) is 13.5. The van der Waals surface area contributed by atoms with E-state index in [-0.39, 0.29) is 5.56 Å². The molecule has 0 saturated heterocycles. The SMILES string of the molecule is COc1ccc(N=Cc2c(O)n(-c3ccccc3C)c(=O)[nH]c2=O)c(OC)c1. The molecular weight excluding hydrogens is 362 g/mol. The molecule has 8 nitrogen and oxygen atoms in total. The Morgan fingerprint density at radius 3 is 2.54 bits per heavy atom. The highest BCUT2D eigenvalue weighted by Gasteiger charge is 2.15. The van der Waals surface area contributed by atoms with Crippen molar-refractivity contribution in [3.05, 3.63) is 74.4 Å². The molecule has 0 aliphatic heterocycles. The number of hydrogen-bond donors (Lipinski definition) is 2. The third kappa shape index (κ3) is 3.52. The number of aromatic nitrogens is 2. The lowest BCUT2D eigenvalue weighted by molar-refractivity contribution is 0.395. The predicted molar refractivity (Wildman–Crippen MR) is 106 cm³/mol. The van der Waals surface area contributed by atoms with E-state index < -0.39 is 17.1 Å². The summed E-state index contributed by atoms with van der Waals surface area (Å²) < 4.78 is 11.4. The van der Waals surface area contributed by atoms with E-state index in [2.05, 4.69) is 9.98 Å². The van der Waals surface area contributed by atoms with Crippen molar-refractivity contribution in [3.8, 4) is 23.1 Å². The minimum Gasteiger partial charge on any atom is -0.497 e. The summed E-state index contributed by atoms with van der Waals surface area (Å²) in [4.78, 5) is 31.0. The van der Waals surface area contributed by atoms with E-state index in [9.17, 15) is 14.7 Å². The molecule has 0 fully saturated rings. The number of aromatic hydroxyl groups is 1. The molecule has 2 aromatic carbocycles. The smallest absolute Gasteiger partial charge is 0.335 e. The summed E-state index contributed by atoms with van der Waals surface area (Å²) in [5, 5.41) is 10.6. The summed E-state index contributed by atoms with van der Waals surface area (Å²) in [6, 6.07) is 12.0. The molecule has 144 valence electrons. The number of methoxy groups -OCH3 is 2. The number of aromatic amines is 1. The van der Waals surface area contributed by atoms with Gasteiger partial charge in [0.25, 0.3) is 5.56 Å². The van der Waals surface area contributed by atoms with Crippen molar-refractivity contribution in [2.24, 2.45) is 4.99 Å². The van der Waals surface area contributed by atoms with Crippen molar-refractivity contribution in [3.63, 3.8) is 0 Å². The van der Waals surface area contributed by atoms with Gasteiger partial charge >= 0.3 is 5.69 Å². The maximum Gasteiger partial charge on any atom is 0.335 e. The molecule has 1 heterocycles.